The maximum absolute atomic E-state index is 10.2. The van der Waals surface area contributed by atoms with Crippen molar-refractivity contribution < 1.29 is 14.3 Å². The summed E-state index contributed by atoms with van der Waals surface area (Å²) in [6.07, 6.45) is -0.319. The first-order chi connectivity index (χ1) is 9.01. The molecule has 0 amide bonds. The summed E-state index contributed by atoms with van der Waals surface area (Å²) in [5.74, 6) is 1.24. The predicted octanol–water partition coefficient (Wildman–Crippen LogP) is 4.85. The Kier molecular flexibility index (Phi) is 5.11. The van der Waals surface area contributed by atoms with E-state index in [4.69, 9.17) is 9.15 Å². The molecule has 0 aliphatic rings. The summed E-state index contributed by atoms with van der Waals surface area (Å²) < 4.78 is 13.0. The zero-order valence-electron chi connectivity index (χ0n) is 9.99. The summed E-state index contributed by atoms with van der Waals surface area (Å²) in [6, 6.07) is 7.43. The fraction of sp³-hybridized carbons (Fsp3) is 0.231. The van der Waals surface area contributed by atoms with E-state index in [1.807, 2.05) is 18.2 Å². The lowest BCUT2D eigenvalue weighted by molar-refractivity contribution is 0.148. The van der Waals surface area contributed by atoms with Crippen LogP contribution in [0.1, 0.15) is 17.4 Å². The molecule has 1 N–H and O–H groups in total. The molecular formula is C13H11Br3O3. The van der Waals surface area contributed by atoms with Gasteiger partial charge in [-0.25, -0.2) is 0 Å². The van der Waals surface area contributed by atoms with E-state index in [1.54, 1.807) is 13.2 Å². The number of ether oxygens (including phenoxy) is 1. The van der Waals surface area contributed by atoms with E-state index in [0.29, 0.717) is 16.9 Å². The van der Waals surface area contributed by atoms with E-state index < -0.39 is 6.10 Å². The van der Waals surface area contributed by atoms with Gasteiger partial charge in [0, 0.05) is 10.9 Å². The Hall–Kier alpha value is -0.300. The summed E-state index contributed by atoms with van der Waals surface area (Å²) in [5, 5.41) is 10.2. The van der Waals surface area contributed by atoms with Gasteiger partial charge in [0.1, 0.15) is 17.6 Å². The molecule has 0 aliphatic carbocycles. The van der Waals surface area contributed by atoms with Crippen molar-refractivity contribution in [1.29, 1.82) is 0 Å². The van der Waals surface area contributed by atoms with Gasteiger partial charge >= 0.3 is 0 Å². The van der Waals surface area contributed by atoms with E-state index in [0.717, 1.165) is 20.3 Å². The average molecular weight is 455 g/mol. The maximum Gasteiger partial charge on any atom is 0.183 e. The number of furan rings is 1. The molecule has 1 unspecified atom stereocenters. The summed E-state index contributed by atoms with van der Waals surface area (Å²) >= 11 is 9.99. The van der Waals surface area contributed by atoms with Gasteiger partial charge in [-0.05, 0) is 61.7 Å². The highest BCUT2D eigenvalue weighted by atomic mass is 79.9. The Morgan fingerprint density at radius 2 is 2.00 bits per heavy atom. The van der Waals surface area contributed by atoms with Crippen LogP contribution in [0.4, 0.5) is 0 Å². The van der Waals surface area contributed by atoms with E-state index in [-0.39, 0.29) is 0 Å². The van der Waals surface area contributed by atoms with Crippen molar-refractivity contribution in [3.63, 3.8) is 0 Å². The van der Waals surface area contributed by atoms with Crippen molar-refractivity contribution in [1.82, 2.24) is 0 Å². The van der Waals surface area contributed by atoms with Crippen LogP contribution in [0.3, 0.4) is 0 Å². The standard InChI is InChI=1S/C13H11Br3O3/c1-18-11-3-2-8(14)4-7(11)5-10(17)12-6-9(15)13(16)19-12/h2-4,6,10,17H,5H2,1H3. The molecule has 1 aromatic heterocycles. The highest BCUT2D eigenvalue weighted by Crippen LogP contribution is 2.33. The Morgan fingerprint density at radius 3 is 2.58 bits per heavy atom. The van der Waals surface area contributed by atoms with E-state index in [2.05, 4.69) is 47.8 Å². The maximum atomic E-state index is 10.2. The van der Waals surface area contributed by atoms with Gasteiger partial charge in [-0.3, -0.25) is 0 Å². The smallest absolute Gasteiger partial charge is 0.183 e. The van der Waals surface area contributed by atoms with Crippen molar-refractivity contribution in [3.8, 4) is 5.75 Å². The summed E-state index contributed by atoms with van der Waals surface area (Å²) in [5.41, 5.74) is 0.910. The van der Waals surface area contributed by atoms with Crippen LogP contribution in [0, 0.1) is 0 Å². The van der Waals surface area contributed by atoms with Gasteiger partial charge in [0.15, 0.2) is 4.67 Å². The Morgan fingerprint density at radius 1 is 1.26 bits per heavy atom. The van der Waals surface area contributed by atoms with Crippen molar-refractivity contribution in [2.45, 2.75) is 12.5 Å². The number of hydrogen-bond acceptors (Lipinski definition) is 3. The SMILES string of the molecule is COc1ccc(Br)cc1CC(O)c1cc(Br)c(Br)o1. The quantitative estimate of drug-likeness (QED) is 0.718. The van der Waals surface area contributed by atoms with E-state index in [9.17, 15) is 5.11 Å². The minimum absolute atomic E-state index is 0.412. The van der Waals surface area contributed by atoms with Gasteiger partial charge in [0.05, 0.1) is 11.6 Å². The minimum atomic E-state index is -0.731. The van der Waals surface area contributed by atoms with Crippen LogP contribution in [0.25, 0.3) is 0 Å². The summed E-state index contributed by atoms with van der Waals surface area (Å²) in [4.78, 5) is 0. The van der Waals surface area contributed by atoms with Crippen LogP contribution in [0.2, 0.25) is 0 Å². The second-order valence-electron chi connectivity index (χ2n) is 3.95. The van der Waals surface area contributed by atoms with Gasteiger partial charge in [-0.2, -0.15) is 0 Å². The van der Waals surface area contributed by atoms with Crippen molar-refractivity contribution in [2.75, 3.05) is 7.11 Å². The first kappa shape index (κ1) is 15.1. The van der Waals surface area contributed by atoms with Gasteiger partial charge in [0.25, 0.3) is 0 Å². The molecule has 0 spiro atoms. The van der Waals surface area contributed by atoms with Crippen molar-refractivity contribution in [3.05, 3.63) is 49.2 Å². The van der Waals surface area contributed by atoms with Crippen LogP contribution in [0.15, 0.2) is 42.3 Å². The largest absolute Gasteiger partial charge is 0.496 e. The number of methoxy groups -OCH3 is 1. The molecule has 102 valence electrons. The third-order valence-electron chi connectivity index (χ3n) is 2.65. The molecule has 0 bridgehead atoms. The summed E-state index contributed by atoms with van der Waals surface area (Å²) in [7, 11) is 1.61. The molecule has 0 fully saturated rings. The number of rotatable bonds is 4. The highest BCUT2D eigenvalue weighted by molar-refractivity contribution is 9.13. The zero-order valence-corrected chi connectivity index (χ0v) is 14.7. The molecule has 6 heteroatoms. The predicted molar refractivity (Wildman–Crippen MR) is 83.5 cm³/mol. The normalized spacial score (nSPS) is 12.5. The van der Waals surface area contributed by atoms with Crippen LogP contribution >= 0.6 is 47.8 Å². The Balaban J connectivity index is 2.23. The topological polar surface area (TPSA) is 42.6 Å². The Labute approximate surface area is 136 Å². The number of halogens is 3. The van der Waals surface area contributed by atoms with E-state index >= 15 is 0 Å². The third-order valence-corrected chi connectivity index (χ3v) is 4.85. The van der Waals surface area contributed by atoms with Crippen LogP contribution in [-0.2, 0) is 6.42 Å². The zero-order chi connectivity index (χ0) is 14.0. The number of aliphatic hydroxyl groups is 1. The molecule has 0 saturated heterocycles. The van der Waals surface area contributed by atoms with Crippen molar-refractivity contribution in [2.24, 2.45) is 0 Å². The minimum Gasteiger partial charge on any atom is -0.496 e. The monoisotopic (exact) mass is 452 g/mol. The van der Waals surface area contributed by atoms with Crippen LogP contribution < -0.4 is 4.74 Å². The molecule has 19 heavy (non-hydrogen) atoms. The van der Waals surface area contributed by atoms with Gasteiger partial charge in [0.2, 0.25) is 0 Å². The lowest BCUT2D eigenvalue weighted by Crippen LogP contribution is -2.02. The molecule has 3 nitrogen and oxygen atoms in total. The molecule has 0 aliphatic heterocycles. The molecule has 0 radical (unpaired) electrons. The molecule has 2 aromatic rings. The van der Waals surface area contributed by atoms with Gasteiger partial charge in [-0.1, -0.05) is 15.9 Å². The lowest BCUT2D eigenvalue weighted by Gasteiger charge is -2.12. The lowest BCUT2D eigenvalue weighted by atomic mass is 10.1. The fourth-order valence-electron chi connectivity index (χ4n) is 1.74. The third kappa shape index (κ3) is 3.62. The Bertz CT molecular complexity index is 561. The number of hydrogen-bond donors (Lipinski definition) is 1. The first-order valence-electron chi connectivity index (χ1n) is 5.46. The molecule has 2 rings (SSSR count). The summed E-state index contributed by atoms with van der Waals surface area (Å²) in [6.45, 7) is 0. The number of aliphatic hydroxyl groups excluding tert-OH is 1. The first-order valence-corrected chi connectivity index (χ1v) is 7.84. The van der Waals surface area contributed by atoms with E-state index in [1.165, 1.54) is 0 Å². The molecule has 1 atom stereocenters. The number of benzene rings is 1. The van der Waals surface area contributed by atoms with Crippen LogP contribution in [0.5, 0.6) is 5.75 Å². The molecular weight excluding hydrogens is 444 g/mol. The fourth-order valence-corrected chi connectivity index (χ4v) is 2.76. The second kappa shape index (κ2) is 6.43. The van der Waals surface area contributed by atoms with Gasteiger partial charge in [-0.15, -0.1) is 0 Å². The molecule has 1 heterocycles. The highest BCUT2D eigenvalue weighted by Gasteiger charge is 2.17. The average Bonchev–Trinajstić information content (AvgIpc) is 2.70. The molecule has 1 aromatic carbocycles. The second-order valence-corrected chi connectivity index (χ2v) is 6.44. The van der Waals surface area contributed by atoms with Crippen LogP contribution in [-0.4, -0.2) is 12.2 Å². The molecule has 0 saturated carbocycles. The van der Waals surface area contributed by atoms with Gasteiger partial charge < -0.3 is 14.3 Å². The van der Waals surface area contributed by atoms with Crippen molar-refractivity contribution >= 4 is 47.8 Å².